The van der Waals surface area contributed by atoms with E-state index in [1.807, 2.05) is 6.92 Å². The summed E-state index contributed by atoms with van der Waals surface area (Å²) in [5, 5.41) is 0. The summed E-state index contributed by atoms with van der Waals surface area (Å²) in [5.41, 5.74) is 6.48. The monoisotopic (exact) mass is 195 g/mol. The van der Waals surface area contributed by atoms with E-state index in [0.717, 1.165) is 24.2 Å². The fourth-order valence-corrected chi connectivity index (χ4v) is 1.35. The first-order valence-corrected chi connectivity index (χ1v) is 4.88. The molecular formula is C11H14FNO. The molecule has 1 aliphatic carbocycles. The van der Waals surface area contributed by atoms with E-state index in [2.05, 4.69) is 0 Å². The molecule has 0 saturated heterocycles. The summed E-state index contributed by atoms with van der Waals surface area (Å²) in [6.45, 7) is 1.83. The number of hydrogen-bond donors (Lipinski definition) is 1. The molecule has 14 heavy (non-hydrogen) atoms. The lowest BCUT2D eigenvalue weighted by Gasteiger charge is -2.13. The van der Waals surface area contributed by atoms with Gasteiger partial charge in [-0.25, -0.2) is 4.39 Å². The van der Waals surface area contributed by atoms with Gasteiger partial charge < -0.3 is 10.5 Å². The molecule has 0 aliphatic heterocycles. The Kier molecular flexibility index (Phi) is 2.42. The van der Waals surface area contributed by atoms with Crippen molar-refractivity contribution < 1.29 is 9.13 Å². The molecule has 0 aromatic heterocycles. The fraction of sp³-hybridized carbons (Fsp3) is 0.455. The predicted octanol–water partition coefficient (Wildman–Crippen LogP) is 2.39. The van der Waals surface area contributed by atoms with Gasteiger partial charge in [0.15, 0.2) is 0 Å². The van der Waals surface area contributed by atoms with Gasteiger partial charge in [-0.05, 0) is 38.0 Å². The molecular weight excluding hydrogens is 181 g/mol. The number of nitrogens with two attached hydrogens (primary N) is 1. The van der Waals surface area contributed by atoms with Crippen molar-refractivity contribution in [2.75, 3.05) is 0 Å². The minimum absolute atomic E-state index is 0.195. The van der Waals surface area contributed by atoms with Crippen molar-refractivity contribution in [2.24, 2.45) is 5.73 Å². The molecule has 1 aromatic rings. The molecule has 0 spiro atoms. The Morgan fingerprint density at radius 1 is 1.50 bits per heavy atom. The highest BCUT2D eigenvalue weighted by Gasteiger charge is 2.25. The van der Waals surface area contributed by atoms with Gasteiger partial charge in [-0.1, -0.05) is 0 Å². The van der Waals surface area contributed by atoms with Crippen LogP contribution in [0.5, 0.6) is 5.75 Å². The molecule has 1 unspecified atom stereocenters. The van der Waals surface area contributed by atoms with Gasteiger partial charge in [0.1, 0.15) is 11.6 Å². The Morgan fingerprint density at radius 3 is 2.79 bits per heavy atom. The summed E-state index contributed by atoms with van der Waals surface area (Å²) in [6, 6.07) is 4.32. The van der Waals surface area contributed by atoms with Crippen LogP contribution in [-0.2, 0) is 0 Å². The van der Waals surface area contributed by atoms with Crippen molar-refractivity contribution in [1.82, 2.24) is 0 Å². The first-order valence-electron chi connectivity index (χ1n) is 4.88. The highest BCUT2D eigenvalue weighted by Crippen LogP contribution is 2.31. The second-order valence-corrected chi connectivity index (χ2v) is 3.79. The minimum atomic E-state index is -0.263. The van der Waals surface area contributed by atoms with E-state index in [1.165, 1.54) is 12.1 Å². The Morgan fingerprint density at radius 2 is 2.21 bits per heavy atom. The van der Waals surface area contributed by atoms with E-state index in [0.29, 0.717) is 6.10 Å². The van der Waals surface area contributed by atoms with Crippen LogP contribution in [0.25, 0.3) is 0 Å². The van der Waals surface area contributed by atoms with Gasteiger partial charge in [0.05, 0.1) is 6.10 Å². The van der Waals surface area contributed by atoms with E-state index in [4.69, 9.17) is 10.5 Å². The Labute approximate surface area is 82.9 Å². The number of halogens is 1. The molecule has 3 heteroatoms. The van der Waals surface area contributed by atoms with Crippen molar-refractivity contribution >= 4 is 0 Å². The number of rotatable bonds is 3. The predicted molar refractivity (Wildman–Crippen MR) is 52.7 cm³/mol. The summed E-state index contributed by atoms with van der Waals surface area (Å²) < 4.78 is 18.6. The molecule has 0 amide bonds. The molecule has 2 nitrogen and oxygen atoms in total. The molecule has 0 radical (unpaired) electrons. The molecule has 1 saturated carbocycles. The van der Waals surface area contributed by atoms with Gasteiger partial charge >= 0.3 is 0 Å². The number of ether oxygens (including phenoxy) is 1. The first kappa shape index (κ1) is 9.46. The minimum Gasteiger partial charge on any atom is -0.490 e. The van der Waals surface area contributed by atoms with Gasteiger partial charge in [-0.15, -0.1) is 0 Å². The molecule has 2 N–H and O–H groups in total. The zero-order chi connectivity index (χ0) is 10.1. The summed E-state index contributed by atoms with van der Waals surface area (Å²) in [5.74, 6) is 0.462. The Bertz CT molecular complexity index is 334. The van der Waals surface area contributed by atoms with Gasteiger partial charge in [0.25, 0.3) is 0 Å². The highest BCUT2D eigenvalue weighted by atomic mass is 19.1. The standard InChI is InChI=1S/C11H14FNO/c1-7(13)10-6-8(12)2-5-11(10)14-9-3-4-9/h2,5-7,9H,3-4,13H2,1H3. The Balaban J connectivity index is 2.26. The van der Waals surface area contributed by atoms with E-state index in [1.54, 1.807) is 6.07 Å². The van der Waals surface area contributed by atoms with E-state index >= 15 is 0 Å². The molecule has 0 bridgehead atoms. The molecule has 1 aliphatic rings. The van der Waals surface area contributed by atoms with Crippen LogP contribution < -0.4 is 10.5 Å². The van der Waals surface area contributed by atoms with E-state index in [9.17, 15) is 4.39 Å². The Hall–Kier alpha value is -1.09. The van der Waals surface area contributed by atoms with Crippen molar-refractivity contribution in [3.8, 4) is 5.75 Å². The van der Waals surface area contributed by atoms with Crippen LogP contribution in [0, 0.1) is 5.82 Å². The zero-order valence-electron chi connectivity index (χ0n) is 8.16. The molecule has 76 valence electrons. The fourth-order valence-electron chi connectivity index (χ4n) is 1.35. The van der Waals surface area contributed by atoms with Crippen molar-refractivity contribution in [2.45, 2.75) is 31.9 Å². The summed E-state index contributed by atoms with van der Waals surface area (Å²) in [6.07, 6.45) is 2.50. The molecule has 1 aromatic carbocycles. The first-order chi connectivity index (χ1) is 6.66. The molecule has 1 fully saturated rings. The van der Waals surface area contributed by atoms with Gasteiger partial charge in [-0.3, -0.25) is 0 Å². The normalized spacial score (nSPS) is 17.9. The van der Waals surface area contributed by atoms with Crippen LogP contribution in [-0.4, -0.2) is 6.10 Å². The van der Waals surface area contributed by atoms with E-state index in [-0.39, 0.29) is 11.9 Å². The summed E-state index contributed by atoms with van der Waals surface area (Å²) >= 11 is 0. The van der Waals surface area contributed by atoms with Crippen LogP contribution in [0.3, 0.4) is 0 Å². The second-order valence-electron chi connectivity index (χ2n) is 3.79. The maximum atomic E-state index is 12.9. The third kappa shape index (κ3) is 2.04. The van der Waals surface area contributed by atoms with Gasteiger partial charge in [0, 0.05) is 11.6 Å². The van der Waals surface area contributed by atoms with Crippen molar-refractivity contribution in [1.29, 1.82) is 0 Å². The average Bonchev–Trinajstić information content (AvgIpc) is 2.91. The molecule has 2 rings (SSSR count). The molecule has 0 heterocycles. The lowest BCUT2D eigenvalue weighted by Crippen LogP contribution is -2.09. The van der Waals surface area contributed by atoms with Gasteiger partial charge in [-0.2, -0.15) is 0 Å². The zero-order valence-corrected chi connectivity index (χ0v) is 8.16. The SMILES string of the molecule is CC(N)c1cc(F)ccc1OC1CC1. The van der Waals surface area contributed by atoms with Crippen molar-refractivity contribution in [3.05, 3.63) is 29.6 Å². The number of hydrogen-bond acceptors (Lipinski definition) is 2. The van der Waals surface area contributed by atoms with Crippen LogP contribution in [0.1, 0.15) is 31.4 Å². The van der Waals surface area contributed by atoms with Gasteiger partial charge in [0.2, 0.25) is 0 Å². The van der Waals surface area contributed by atoms with E-state index < -0.39 is 0 Å². The summed E-state index contributed by atoms with van der Waals surface area (Å²) in [7, 11) is 0. The third-order valence-electron chi connectivity index (χ3n) is 2.28. The topological polar surface area (TPSA) is 35.2 Å². The maximum Gasteiger partial charge on any atom is 0.124 e. The summed E-state index contributed by atoms with van der Waals surface area (Å²) in [4.78, 5) is 0. The lowest BCUT2D eigenvalue weighted by atomic mass is 10.1. The average molecular weight is 195 g/mol. The smallest absolute Gasteiger partial charge is 0.124 e. The van der Waals surface area contributed by atoms with Crippen LogP contribution in [0.4, 0.5) is 4.39 Å². The molecule has 1 atom stereocenters. The van der Waals surface area contributed by atoms with Crippen molar-refractivity contribution in [3.63, 3.8) is 0 Å². The largest absolute Gasteiger partial charge is 0.490 e. The quantitative estimate of drug-likeness (QED) is 0.803. The number of benzene rings is 1. The van der Waals surface area contributed by atoms with Crippen LogP contribution in [0.15, 0.2) is 18.2 Å². The maximum absolute atomic E-state index is 12.9. The van der Waals surface area contributed by atoms with Crippen LogP contribution >= 0.6 is 0 Å². The second kappa shape index (κ2) is 3.58. The van der Waals surface area contributed by atoms with Crippen LogP contribution in [0.2, 0.25) is 0 Å². The lowest BCUT2D eigenvalue weighted by molar-refractivity contribution is 0.298. The third-order valence-corrected chi connectivity index (χ3v) is 2.28. The highest BCUT2D eigenvalue weighted by molar-refractivity contribution is 5.36.